The summed E-state index contributed by atoms with van der Waals surface area (Å²) in [6.45, 7) is -0.0742. The number of aryl methyl sites for hydroxylation is 1. The summed E-state index contributed by atoms with van der Waals surface area (Å²) < 4.78 is 23.0. The maximum Gasteiger partial charge on any atom is 0.227 e. The summed E-state index contributed by atoms with van der Waals surface area (Å²) in [5.41, 5.74) is 1.29. The topological polar surface area (TPSA) is 71.5 Å². The molecule has 1 unspecified atom stereocenters. The van der Waals surface area contributed by atoms with Gasteiger partial charge >= 0.3 is 0 Å². The van der Waals surface area contributed by atoms with Crippen LogP contribution in [0.2, 0.25) is 0 Å². The van der Waals surface area contributed by atoms with Crippen molar-refractivity contribution < 1.29 is 18.0 Å². The average Bonchev–Trinajstić information content (AvgIpc) is 2.50. The minimum absolute atomic E-state index is 0.00316. The van der Waals surface area contributed by atoms with E-state index in [1.807, 2.05) is 18.2 Å². The smallest absolute Gasteiger partial charge is 0.227 e. The Kier molecular flexibility index (Phi) is 5.93. The van der Waals surface area contributed by atoms with E-state index < -0.39 is 15.2 Å². The average molecular weight is 337 g/mol. The van der Waals surface area contributed by atoms with Gasteiger partial charge in [0.1, 0.15) is 5.37 Å². The fraction of sp³-hybridized carbons (Fsp3) is 0.529. The van der Waals surface area contributed by atoms with E-state index in [0.717, 1.165) is 31.9 Å². The zero-order valence-corrected chi connectivity index (χ0v) is 14.2. The monoisotopic (exact) mass is 337 g/mol. The summed E-state index contributed by atoms with van der Waals surface area (Å²) in [6.07, 6.45) is 5.24. The number of nitrogens with zero attached hydrogens (tertiary/aromatic N) is 1. The highest BCUT2D eigenvalue weighted by atomic mass is 32.2. The minimum atomic E-state index is -3.30. The van der Waals surface area contributed by atoms with E-state index >= 15 is 0 Å². The molecule has 0 aromatic heterocycles. The van der Waals surface area contributed by atoms with Crippen molar-refractivity contribution in [2.24, 2.45) is 0 Å². The van der Waals surface area contributed by atoms with Gasteiger partial charge in [-0.3, -0.25) is 9.59 Å². The Balaban J connectivity index is 1.64. The fourth-order valence-electron chi connectivity index (χ4n) is 2.74. The van der Waals surface area contributed by atoms with E-state index in [9.17, 15) is 18.0 Å². The van der Waals surface area contributed by atoms with Crippen LogP contribution < -0.4 is 0 Å². The molecular formula is C17H23NO4S. The van der Waals surface area contributed by atoms with Crippen LogP contribution in [0.3, 0.4) is 0 Å². The summed E-state index contributed by atoms with van der Waals surface area (Å²) in [5.74, 6) is -0.315. The fourth-order valence-corrected chi connectivity index (χ4v) is 3.84. The molecule has 0 aliphatic carbocycles. The van der Waals surface area contributed by atoms with Crippen molar-refractivity contribution in [2.75, 3.05) is 12.8 Å². The van der Waals surface area contributed by atoms with Crippen LogP contribution >= 0.6 is 0 Å². The number of unbranched alkanes of at least 4 members (excludes halogenated alkanes) is 2. The summed E-state index contributed by atoms with van der Waals surface area (Å²) in [4.78, 5) is 24.6. The Morgan fingerprint density at radius 3 is 2.48 bits per heavy atom. The molecule has 126 valence electrons. The highest BCUT2D eigenvalue weighted by molar-refractivity contribution is 7.91. The largest absolute Gasteiger partial charge is 0.318 e. The molecule has 0 N–H and O–H groups in total. The number of rotatable bonds is 9. The number of likely N-dealkylation sites (tertiary alicyclic amines) is 1. The Labute approximate surface area is 137 Å². The summed E-state index contributed by atoms with van der Waals surface area (Å²) in [6, 6.07) is 10.2. The Morgan fingerprint density at radius 2 is 1.87 bits per heavy atom. The first-order chi connectivity index (χ1) is 10.9. The first kappa shape index (κ1) is 17.7. The Hall–Kier alpha value is -1.69. The Morgan fingerprint density at radius 1 is 1.17 bits per heavy atom. The van der Waals surface area contributed by atoms with Crippen LogP contribution in [0.25, 0.3) is 0 Å². The van der Waals surface area contributed by atoms with E-state index in [0.29, 0.717) is 6.42 Å². The number of β-lactam (4-membered cyclic amide) rings is 1. The molecule has 6 heteroatoms. The van der Waals surface area contributed by atoms with E-state index in [1.54, 1.807) is 0 Å². The molecular weight excluding hydrogens is 314 g/mol. The van der Waals surface area contributed by atoms with Gasteiger partial charge < -0.3 is 4.90 Å². The van der Waals surface area contributed by atoms with Crippen molar-refractivity contribution >= 4 is 21.5 Å². The van der Waals surface area contributed by atoms with Crippen LogP contribution in [0.5, 0.6) is 0 Å². The predicted octanol–water partition coefficient (Wildman–Crippen LogP) is 1.96. The molecule has 2 rings (SSSR count). The van der Waals surface area contributed by atoms with Gasteiger partial charge in [0.2, 0.25) is 5.91 Å². The third-order valence-corrected chi connectivity index (χ3v) is 5.53. The summed E-state index contributed by atoms with van der Waals surface area (Å²) in [7, 11) is -3.30. The van der Waals surface area contributed by atoms with Crippen molar-refractivity contribution in [3.8, 4) is 0 Å². The van der Waals surface area contributed by atoms with Gasteiger partial charge in [-0.2, -0.15) is 0 Å². The molecule has 1 aliphatic heterocycles. The number of hydrogen-bond donors (Lipinski definition) is 0. The van der Waals surface area contributed by atoms with Crippen LogP contribution in [0.4, 0.5) is 0 Å². The number of Topliss-reactive ketones (excluding diaryl/α,β-unsaturated/α-hetero) is 1. The van der Waals surface area contributed by atoms with Crippen molar-refractivity contribution in [2.45, 2.75) is 43.9 Å². The molecule has 1 fully saturated rings. The summed E-state index contributed by atoms with van der Waals surface area (Å²) >= 11 is 0. The number of sulfone groups is 1. The van der Waals surface area contributed by atoms with Gasteiger partial charge in [0.15, 0.2) is 15.6 Å². The van der Waals surface area contributed by atoms with Crippen molar-refractivity contribution in [1.82, 2.24) is 4.90 Å². The van der Waals surface area contributed by atoms with Crippen LogP contribution in [-0.2, 0) is 25.8 Å². The van der Waals surface area contributed by atoms with Gasteiger partial charge in [-0.05, 0) is 24.8 Å². The van der Waals surface area contributed by atoms with Crippen LogP contribution in [0.1, 0.15) is 37.7 Å². The van der Waals surface area contributed by atoms with Gasteiger partial charge in [0, 0.05) is 12.7 Å². The highest BCUT2D eigenvalue weighted by Gasteiger charge is 2.43. The van der Waals surface area contributed by atoms with Crippen LogP contribution in [0.15, 0.2) is 30.3 Å². The zero-order chi connectivity index (χ0) is 16.9. The highest BCUT2D eigenvalue weighted by Crippen LogP contribution is 2.23. The van der Waals surface area contributed by atoms with Gasteiger partial charge in [-0.1, -0.05) is 36.8 Å². The molecule has 5 nitrogen and oxygen atoms in total. The molecule has 1 atom stereocenters. The van der Waals surface area contributed by atoms with E-state index in [2.05, 4.69) is 12.1 Å². The third kappa shape index (κ3) is 5.16. The van der Waals surface area contributed by atoms with Gasteiger partial charge in [-0.25, -0.2) is 8.42 Å². The van der Waals surface area contributed by atoms with Gasteiger partial charge in [0.05, 0.1) is 13.0 Å². The van der Waals surface area contributed by atoms with Crippen molar-refractivity contribution in [3.63, 3.8) is 0 Å². The molecule has 0 saturated carbocycles. The minimum Gasteiger partial charge on any atom is -0.318 e. The predicted molar refractivity (Wildman–Crippen MR) is 88.6 cm³/mol. The standard InChI is InChI=1S/C17H23NO4S/c1-23(21,22)17-12-16(20)18(17)13-15(19)11-7-3-6-10-14-8-4-2-5-9-14/h2,4-5,8-9,17H,3,6-7,10-13H2,1H3. The maximum absolute atomic E-state index is 11.9. The molecule has 0 bridgehead atoms. The molecule has 1 amide bonds. The first-order valence-corrected chi connectivity index (χ1v) is 9.87. The molecule has 0 spiro atoms. The van der Waals surface area contributed by atoms with E-state index in [-0.39, 0.29) is 24.7 Å². The quantitative estimate of drug-likeness (QED) is 0.510. The van der Waals surface area contributed by atoms with E-state index in [4.69, 9.17) is 0 Å². The van der Waals surface area contributed by atoms with Crippen molar-refractivity contribution in [1.29, 1.82) is 0 Å². The number of ketones is 1. The lowest BCUT2D eigenvalue weighted by molar-refractivity contribution is -0.145. The number of amides is 1. The SMILES string of the molecule is CS(=O)(=O)C1CC(=O)N1CC(=O)CCCCCc1ccccc1. The van der Waals surface area contributed by atoms with Gasteiger partial charge in [0.25, 0.3) is 0 Å². The molecule has 1 aromatic carbocycles. The van der Waals surface area contributed by atoms with Crippen LogP contribution in [-0.4, -0.2) is 43.2 Å². The zero-order valence-electron chi connectivity index (χ0n) is 13.4. The van der Waals surface area contributed by atoms with Crippen LogP contribution in [0, 0.1) is 0 Å². The normalized spacial score (nSPS) is 17.9. The first-order valence-electron chi connectivity index (χ1n) is 7.92. The third-order valence-electron chi connectivity index (χ3n) is 4.12. The number of carbonyl (C=O) groups is 2. The molecule has 1 aliphatic rings. The van der Waals surface area contributed by atoms with Crippen molar-refractivity contribution in [3.05, 3.63) is 35.9 Å². The lowest BCUT2D eigenvalue weighted by atomic mass is 10.0. The maximum atomic E-state index is 11.9. The molecule has 1 aromatic rings. The molecule has 1 heterocycles. The molecule has 0 radical (unpaired) electrons. The lowest BCUT2D eigenvalue weighted by Gasteiger charge is -2.38. The molecule has 1 saturated heterocycles. The second-order valence-corrected chi connectivity index (χ2v) is 8.30. The number of benzene rings is 1. The number of hydrogen-bond acceptors (Lipinski definition) is 4. The lowest BCUT2D eigenvalue weighted by Crippen LogP contribution is -2.57. The second-order valence-electron chi connectivity index (χ2n) is 6.09. The second kappa shape index (κ2) is 7.73. The Bertz CT molecular complexity index is 654. The van der Waals surface area contributed by atoms with Gasteiger partial charge in [-0.15, -0.1) is 0 Å². The molecule has 23 heavy (non-hydrogen) atoms. The summed E-state index contributed by atoms with van der Waals surface area (Å²) in [5, 5.41) is -0.808. The number of carbonyl (C=O) groups excluding carboxylic acids is 2. The van der Waals surface area contributed by atoms with E-state index in [1.165, 1.54) is 10.5 Å².